The summed E-state index contributed by atoms with van der Waals surface area (Å²) in [7, 11) is 0. The number of carbonyl (C=O) groups excluding carboxylic acids is 5. The maximum atomic E-state index is 13.3. The van der Waals surface area contributed by atoms with Crippen LogP contribution in [0.1, 0.15) is 274 Å². The third-order valence-corrected chi connectivity index (χ3v) is 30.7. The van der Waals surface area contributed by atoms with Gasteiger partial charge in [-0.15, -0.1) is 0 Å². The Morgan fingerprint density at radius 3 is 1.17 bits per heavy atom. The first-order valence-electron chi connectivity index (χ1n) is 53.0. The molecule has 748 valence electrons. The van der Waals surface area contributed by atoms with E-state index in [4.69, 9.17) is 31.6 Å². The van der Waals surface area contributed by atoms with Gasteiger partial charge in [-0.2, -0.15) is 0 Å². The number of aromatic nitrogens is 3. The highest BCUT2D eigenvalue weighted by Gasteiger charge is 2.32. The summed E-state index contributed by atoms with van der Waals surface area (Å²) in [5.74, 6) is 6.39. The highest BCUT2D eigenvalue weighted by molar-refractivity contribution is 6.14. The molecule has 3 aromatic heterocycles. The van der Waals surface area contributed by atoms with Crippen LogP contribution < -0.4 is 37.1 Å². The summed E-state index contributed by atoms with van der Waals surface area (Å²) in [6.07, 6.45) is 28.5. The Morgan fingerprint density at radius 1 is 0.411 bits per heavy atom. The Hall–Kier alpha value is -14.8. The average Bonchev–Trinajstić information content (AvgIpc) is 0.792. The van der Waals surface area contributed by atoms with Crippen molar-refractivity contribution in [1.29, 1.82) is 5.41 Å². The van der Waals surface area contributed by atoms with Crippen molar-refractivity contribution < 1.29 is 28.7 Å². The van der Waals surface area contributed by atoms with Gasteiger partial charge in [0, 0.05) is 64.0 Å². The van der Waals surface area contributed by atoms with Crippen LogP contribution in [0.15, 0.2) is 308 Å². The Morgan fingerprint density at radius 2 is 0.774 bits per heavy atom. The lowest BCUT2D eigenvalue weighted by Crippen LogP contribution is -2.47. The Balaban J connectivity index is 0.000000138. The summed E-state index contributed by atoms with van der Waals surface area (Å²) < 4.78 is 6.16. The third kappa shape index (κ3) is 27.2. The van der Waals surface area contributed by atoms with Gasteiger partial charge in [0.15, 0.2) is 0 Å². The molecule has 1 atom stereocenters. The van der Waals surface area contributed by atoms with Gasteiger partial charge in [0.25, 0.3) is 11.8 Å². The number of benzene rings is 12. The Kier molecular flexibility index (Phi) is 36.0. The zero-order valence-corrected chi connectivity index (χ0v) is 86.0. The second-order valence-electron chi connectivity index (χ2n) is 40.6. The number of nitrogens with zero attached hydrogens (tertiary/aromatic N) is 5. The molecule has 5 aliphatic rings. The Labute approximate surface area is 862 Å². The molecular weight excluding hydrogens is 1800 g/mol. The molecule has 1 aliphatic heterocycles. The number of amides is 5. The van der Waals surface area contributed by atoms with E-state index in [1.807, 2.05) is 179 Å². The summed E-state index contributed by atoms with van der Waals surface area (Å²) in [6.45, 7) is 17.9. The molecule has 4 saturated carbocycles. The molecule has 5 amide bonds. The molecule has 4 aliphatic carbocycles. The lowest BCUT2D eigenvalue weighted by atomic mass is 9.76. The zero-order chi connectivity index (χ0) is 102. The number of primary amides is 1. The van der Waals surface area contributed by atoms with Crippen LogP contribution in [0.5, 0.6) is 5.75 Å². The molecule has 15 aromatic rings. The van der Waals surface area contributed by atoms with Gasteiger partial charge in [0.1, 0.15) is 24.0 Å². The summed E-state index contributed by atoms with van der Waals surface area (Å²) in [5, 5.41) is 17.9. The third-order valence-electron chi connectivity index (χ3n) is 30.7. The fourth-order valence-corrected chi connectivity index (χ4v) is 22.2. The smallest absolute Gasteiger partial charge is 0.322 e. The van der Waals surface area contributed by atoms with Gasteiger partial charge in [-0.25, -0.2) is 9.79 Å². The van der Waals surface area contributed by atoms with Crippen molar-refractivity contribution in [2.45, 2.75) is 233 Å². The van der Waals surface area contributed by atoms with Crippen LogP contribution in [0.4, 0.5) is 21.9 Å². The lowest BCUT2D eigenvalue weighted by molar-refractivity contribution is -0.119. The van der Waals surface area contributed by atoms with Gasteiger partial charge >= 0.3 is 6.03 Å². The second kappa shape index (κ2) is 50.6. The van der Waals surface area contributed by atoms with E-state index in [1.165, 1.54) is 135 Å². The highest BCUT2D eigenvalue weighted by Crippen LogP contribution is 2.45. The zero-order valence-electron chi connectivity index (χ0n) is 86.0. The molecule has 0 spiro atoms. The predicted octanol–water partition coefficient (Wildman–Crippen LogP) is 30.8. The number of fused-ring (bicyclic) bond motifs is 4. The van der Waals surface area contributed by atoms with Gasteiger partial charge < -0.3 is 32.2 Å². The topological polar surface area (TPSA) is 261 Å². The van der Waals surface area contributed by atoms with Crippen molar-refractivity contribution in [1.82, 2.24) is 20.3 Å². The first kappa shape index (κ1) is 104. The van der Waals surface area contributed by atoms with E-state index in [0.29, 0.717) is 78.0 Å². The molecule has 17 nitrogen and oxygen atoms in total. The number of carbonyl (C=O) groups is 5. The number of hydrogen-bond donors (Lipinski definition) is 6. The van der Waals surface area contributed by atoms with Crippen LogP contribution in [-0.4, -0.2) is 69.8 Å². The molecule has 20 rings (SSSR count). The van der Waals surface area contributed by atoms with Crippen LogP contribution in [0.25, 0.3) is 77.2 Å². The van der Waals surface area contributed by atoms with Crippen LogP contribution >= 0.6 is 0 Å². The molecule has 4 heterocycles. The summed E-state index contributed by atoms with van der Waals surface area (Å²) >= 11 is 0. The van der Waals surface area contributed by atoms with E-state index >= 15 is 0 Å². The molecule has 0 saturated heterocycles. The average molecular weight is 1940 g/mol. The van der Waals surface area contributed by atoms with E-state index in [-0.39, 0.29) is 23.9 Å². The van der Waals surface area contributed by atoms with E-state index in [2.05, 4.69) is 199 Å². The number of ketones is 1. The molecule has 8 N–H and O–H groups in total. The second-order valence-corrected chi connectivity index (χ2v) is 40.6. The molecule has 12 aromatic carbocycles. The number of hydrogen-bond acceptors (Lipinski definition) is 10. The number of ether oxygens (including phenoxy) is 1. The van der Waals surface area contributed by atoms with Gasteiger partial charge in [0.2, 0.25) is 5.91 Å². The van der Waals surface area contributed by atoms with Crippen LogP contribution in [0.3, 0.4) is 0 Å². The van der Waals surface area contributed by atoms with Gasteiger partial charge in [-0.05, 0) is 334 Å². The van der Waals surface area contributed by atoms with Crippen molar-refractivity contribution in [2.75, 3.05) is 22.1 Å². The highest BCUT2D eigenvalue weighted by atomic mass is 16.5. The summed E-state index contributed by atoms with van der Waals surface area (Å²) in [6, 6.07) is 104. The van der Waals surface area contributed by atoms with Crippen LogP contribution in [0, 0.1) is 49.9 Å². The van der Waals surface area contributed by atoms with Gasteiger partial charge in [-0.1, -0.05) is 284 Å². The van der Waals surface area contributed by atoms with Gasteiger partial charge in [0.05, 0.1) is 51.8 Å². The van der Waals surface area contributed by atoms with Gasteiger partial charge in [-0.3, -0.25) is 44.4 Å². The van der Waals surface area contributed by atoms with Crippen LogP contribution in [0.2, 0.25) is 0 Å². The Bertz CT molecular complexity index is 6980. The number of aliphatic imine (C=N–C) groups is 1. The monoisotopic (exact) mass is 1940 g/mol. The number of aryl methyl sites for hydroxylation is 4. The van der Waals surface area contributed by atoms with Crippen molar-refractivity contribution in [3.8, 4) is 50.3 Å². The van der Waals surface area contributed by atoms with E-state index in [1.54, 1.807) is 11.0 Å². The molecule has 4 fully saturated rings. The predicted molar refractivity (Wildman–Crippen MR) is 601 cm³/mol. The number of para-hydroxylation sites is 2. The van der Waals surface area contributed by atoms with E-state index in [0.717, 1.165) is 180 Å². The summed E-state index contributed by atoms with van der Waals surface area (Å²) in [4.78, 5) is 82.9. The first-order chi connectivity index (χ1) is 71.1. The van der Waals surface area contributed by atoms with Crippen molar-refractivity contribution in [2.24, 2.45) is 40.1 Å². The van der Waals surface area contributed by atoms with E-state index < -0.39 is 5.91 Å². The van der Waals surface area contributed by atoms with Crippen molar-refractivity contribution in [3.05, 3.63) is 376 Å². The molecular formula is C129H141N11O6. The number of nitrogens with one attached hydrogen (secondary N) is 4. The lowest BCUT2D eigenvalue weighted by Gasteiger charge is -2.33. The number of urea groups is 1. The number of nitrogens with two attached hydrogens (primary N) is 2. The molecule has 1 unspecified atom stereocenters. The molecule has 146 heavy (non-hydrogen) atoms. The molecule has 0 bridgehead atoms. The van der Waals surface area contributed by atoms with E-state index in [9.17, 15) is 24.0 Å². The van der Waals surface area contributed by atoms with Crippen LogP contribution in [-0.2, 0) is 24.2 Å². The first-order valence-corrected chi connectivity index (χ1v) is 53.0. The largest absolute Gasteiger partial charge is 0.487 e. The molecule has 0 radical (unpaired) electrons. The minimum absolute atomic E-state index is 0.0687. The standard InChI is InChI=1S/C38H36N2O2.C33H36N2O.C31H36N2O2.C25H28N2O.C2H5N3/c1-26-22-36(38(42)40-33-10-6-3-7-11-33)35-21-20-32(25-37(35)39-26)31-18-16-30(17-19-31)29-14-12-28(13-15-29)24-34(41)23-27-8-4-2-5-9-27;1-4-23-10-12-25(13-11-23)26-14-16-27(17-15-26)28-18-19-29-30(20-22(3)34-32(29)21-28)33(36)35-31-9-7-6-8-24(31)5-2;1-3-23-9-11-25(12-10-23)26-13-15-27(16-14-26)28-17-18-29-30(19-28)35-22(2)21-33(29)31(34)32-20-24-7-5-4-6-8-24;1-3-17-4-6-18(7-5-17)19-8-10-20(11-9-19)21-12-13-22-23(25(26)28)14-16(2)27-24(22)15-21;3-1-5-2-4/h2-11,16-22,25,28-29H,12-15,23-24H2,1H3,(H,40,42);6-9,14-21,23,25H,4-5,10-13H2,1-3H3,(H,35,36);4-8,13-19,22-23,25H,3,9-12,20-21H2,1-2H3,(H,32,34);8-15,17-18H,3-7H2,1-2H3,(H2,26,28);1-2H,(H3,3,4,5). The number of rotatable bonds is 24. The maximum absolute atomic E-state index is 13.3. The fraction of sp³-hybridized carbons (Fsp3) is 0.318. The number of pyridine rings is 3. The quantitative estimate of drug-likeness (QED) is 0.0246. The number of Topliss-reactive ketones (excluding diaryl/α,β-unsaturated/α-hetero) is 1. The van der Waals surface area contributed by atoms with Crippen molar-refractivity contribution >= 4 is 92.0 Å². The minimum atomic E-state index is -0.412. The number of anilines is 3. The molecule has 17 heteroatoms. The maximum Gasteiger partial charge on any atom is 0.322 e. The SMILES string of the molecule is CCC1CCC(c2ccc(-c3ccc4c(C(N)=O)cc(C)nc4c3)cc2)CC1.CCC1CCC(c2ccc(-c3ccc4c(c3)OC(C)CN4C(=O)NCc3ccccc3)cc2)CC1.CCc1ccccc1NC(=O)c1cc(C)nc2cc(-c3ccc(C4CCC(CC)CC4)cc3)ccc12.Cc1cc(C(=O)Nc2ccccc2)c2ccc(-c3ccc(C4CCC(CC(=O)Cc5ccccc5)CC4)cc3)cc2n1.N=CN=CN. The minimum Gasteiger partial charge on any atom is -0.487 e. The van der Waals surface area contributed by atoms with Crippen molar-refractivity contribution in [3.63, 3.8) is 0 Å². The fourth-order valence-electron chi connectivity index (χ4n) is 22.2. The summed E-state index contributed by atoms with van der Waals surface area (Å²) in [5.41, 5.74) is 37.7. The normalized spacial score (nSPS) is 18.4.